The molecule has 1 aromatic carbocycles. The molecule has 1 aliphatic rings. The van der Waals surface area contributed by atoms with Crippen LogP contribution < -0.4 is 5.32 Å². The number of aromatic nitrogens is 2. The average molecular weight is 366 g/mol. The summed E-state index contributed by atoms with van der Waals surface area (Å²) in [5.41, 5.74) is 2.68. The second kappa shape index (κ2) is 6.76. The Morgan fingerprint density at radius 1 is 1.15 bits per heavy atom. The van der Waals surface area contributed by atoms with Gasteiger partial charge in [0.15, 0.2) is 5.13 Å². The predicted octanol–water partition coefficient (Wildman–Crippen LogP) is 3.09. The van der Waals surface area contributed by atoms with Crippen LogP contribution in [0.1, 0.15) is 27.9 Å². The third-order valence-corrected chi connectivity index (χ3v) is 5.32. The van der Waals surface area contributed by atoms with E-state index in [2.05, 4.69) is 10.3 Å². The molecule has 2 aromatic heterocycles. The number of nitrogens with one attached hydrogen (secondary N) is 1. The van der Waals surface area contributed by atoms with E-state index in [0.717, 1.165) is 16.3 Å². The lowest BCUT2D eigenvalue weighted by Crippen LogP contribution is -2.35. The van der Waals surface area contributed by atoms with E-state index in [0.29, 0.717) is 30.2 Å². The molecule has 0 fully saturated rings. The molecule has 3 aromatic rings. The fourth-order valence-electron chi connectivity index (χ4n) is 3.04. The number of hydrogen-bond acceptors (Lipinski definition) is 4. The van der Waals surface area contributed by atoms with Gasteiger partial charge in [0, 0.05) is 48.4 Å². The van der Waals surface area contributed by atoms with Crippen molar-refractivity contribution in [3.8, 4) is 5.69 Å². The van der Waals surface area contributed by atoms with Crippen molar-refractivity contribution in [2.75, 3.05) is 11.9 Å². The topological polar surface area (TPSA) is 67.2 Å². The molecule has 132 valence electrons. The van der Waals surface area contributed by atoms with Crippen LogP contribution in [0.25, 0.3) is 5.69 Å². The average Bonchev–Trinajstić information content (AvgIpc) is 3.29. The normalized spacial score (nSPS) is 13.3. The van der Waals surface area contributed by atoms with Gasteiger partial charge >= 0.3 is 0 Å². The lowest BCUT2D eigenvalue weighted by Gasteiger charge is -2.26. The summed E-state index contributed by atoms with van der Waals surface area (Å²) in [6, 6.07) is 11.6. The summed E-state index contributed by atoms with van der Waals surface area (Å²) >= 11 is 1.44. The largest absolute Gasteiger partial charge is 0.333 e. The van der Waals surface area contributed by atoms with Crippen molar-refractivity contribution >= 4 is 28.3 Å². The highest BCUT2D eigenvalue weighted by Crippen LogP contribution is 2.29. The number of anilines is 1. The number of nitrogens with zero attached hydrogens (tertiary/aromatic N) is 3. The van der Waals surface area contributed by atoms with Gasteiger partial charge in [-0.25, -0.2) is 4.98 Å². The van der Waals surface area contributed by atoms with Gasteiger partial charge in [-0.2, -0.15) is 0 Å². The molecule has 0 unspecified atom stereocenters. The Bertz CT molecular complexity index is 945. The van der Waals surface area contributed by atoms with Gasteiger partial charge in [0.25, 0.3) is 5.91 Å². The van der Waals surface area contributed by atoms with Gasteiger partial charge in [-0.1, -0.05) is 11.3 Å². The fraction of sp³-hybridized carbons (Fsp3) is 0.211. The van der Waals surface area contributed by atoms with Gasteiger partial charge in [-0.05, 0) is 36.4 Å². The Kier molecular flexibility index (Phi) is 4.30. The highest BCUT2D eigenvalue weighted by Gasteiger charge is 2.25. The third kappa shape index (κ3) is 3.25. The van der Waals surface area contributed by atoms with E-state index in [4.69, 9.17) is 0 Å². The first kappa shape index (κ1) is 16.5. The summed E-state index contributed by atoms with van der Waals surface area (Å²) in [5.74, 6) is -0.115. The standard InChI is InChI=1S/C19H18N4O2S/c1-13(24)20-19-21-16-8-11-23(12-17(16)26-19)18(25)14-4-6-15(7-5-14)22-9-2-3-10-22/h2-7,9-10H,8,11-12H2,1H3,(H,20,21,24). The number of amides is 2. The zero-order valence-corrected chi connectivity index (χ0v) is 15.1. The first-order valence-corrected chi connectivity index (χ1v) is 9.20. The molecular weight excluding hydrogens is 348 g/mol. The Hall–Kier alpha value is -2.93. The maximum Gasteiger partial charge on any atom is 0.254 e. The van der Waals surface area contributed by atoms with Crippen LogP contribution in [0.5, 0.6) is 0 Å². The Balaban J connectivity index is 1.49. The highest BCUT2D eigenvalue weighted by molar-refractivity contribution is 7.15. The molecule has 3 heterocycles. The number of hydrogen-bond donors (Lipinski definition) is 1. The maximum atomic E-state index is 12.8. The molecule has 4 rings (SSSR count). The van der Waals surface area contributed by atoms with E-state index >= 15 is 0 Å². The quantitative estimate of drug-likeness (QED) is 0.775. The van der Waals surface area contributed by atoms with Gasteiger partial charge in [0.05, 0.1) is 12.2 Å². The number of thiazole rings is 1. The summed E-state index contributed by atoms with van der Waals surface area (Å²) in [6.45, 7) is 2.63. The minimum atomic E-state index is -0.133. The molecule has 0 aliphatic carbocycles. The molecule has 0 radical (unpaired) electrons. The maximum absolute atomic E-state index is 12.8. The Morgan fingerprint density at radius 3 is 2.58 bits per heavy atom. The summed E-state index contributed by atoms with van der Waals surface area (Å²) in [4.78, 5) is 31.3. The minimum absolute atomic E-state index is 0.0178. The van der Waals surface area contributed by atoms with Crippen molar-refractivity contribution in [2.24, 2.45) is 0 Å². The molecule has 0 saturated carbocycles. The molecule has 26 heavy (non-hydrogen) atoms. The summed E-state index contributed by atoms with van der Waals surface area (Å²) < 4.78 is 2.00. The fourth-order valence-corrected chi connectivity index (χ4v) is 4.11. The van der Waals surface area contributed by atoms with E-state index in [1.807, 2.05) is 58.3 Å². The molecule has 0 spiro atoms. The molecule has 0 atom stereocenters. The second-order valence-corrected chi connectivity index (χ2v) is 7.27. The molecule has 6 nitrogen and oxygen atoms in total. The van der Waals surface area contributed by atoms with Crippen LogP contribution in [0.4, 0.5) is 5.13 Å². The molecule has 7 heteroatoms. The van der Waals surface area contributed by atoms with Gasteiger partial charge < -0.3 is 14.8 Å². The summed E-state index contributed by atoms with van der Waals surface area (Å²) in [7, 11) is 0. The Morgan fingerprint density at radius 2 is 1.88 bits per heavy atom. The van der Waals surface area contributed by atoms with Gasteiger partial charge in [-0.15, -0.1) is 0 Å². The van der Waals surface area contributed by atoms with Crippen molar-refractivity contribution in [3.63, 3.8) is 0 Å². The second-order valence-electron chi connectivity index (χ2n) is 6.18. The van der Waals surface area contributed by atoms with E-state index in [1.54, 1.807) is 0 Å². The van der Waals surface area contributed by atoms with Crippen LogP contribution in [0.3, 0.4) is 0 Å². The molecule has 1 aliphatic heterocycles. The van der Waals surface area contributed by atoms with Crippen molar-refractivity contribution in [1.29, 1.82) is 0 Å². The van der Waals surface area contributed by atoms with Crippen LogP contribution >= 0.6 is 11.3 Å². The molecule has 2 amide bonds. The van der Waals surface area contributed by atoms with Gasteiger partial charge in [-0.3, -0.25) is 9.59 Å². The van der Waals surface area contributed by atoms with Crippen molar-refractivity contribution < 1.29 is 9.59 Å². The van der Waals surface area contributed by atoms with Gasteiger partial charge in [0.1, 0.15) is 0 Å². The summed E-state index contributed by atoms with van der Waals surface area (Å²) in [5, 5.41) is 3.32. The minimum Gasteiger partial charge on any atom is -0.333 e. The predicted molar refractivity (Wildman–Crippen MR) is 101 cm³/mol. The number of benzene rings is 1. The molecular formula is C19H18N4O2S. The van der Waals surface area contributed by atoms with Gasteiger partial charge in [0.2, 0.25) is 5.91 Å². The zero-order valence-electron chi connectivity index (χ0n) is 14.3. The summed E-state index contributed by atoms with van der Waals surface area (Å²) in [6.07, 6.45) is 4.65. The number of carbonyl (C=O) groups is 2. The SMILES string of the molecule is CC(=O)Nc1nc2c(s1)CN(C(=O)c1ccc(-n3cccc3)cc1)CC2. The molecule has 0 saturated heterocycles. The molecule has 0 bridgehead atoms. The highest BCUT2D eigenvalue weighted by atomic mass is 32.1. The monoisotopic (exact) mass is 366 g/mol. The lowest BCUT2D eigenvalue weighted by atomic mass is 10.1. The van der Waals surface area contributed by atoms with E-state index in [1.165, 1.54) is 18.3 Å². The Labute approximate surface area is 155 Å². The number of rotatable bonds is 3. The number of fused-ring (bicyclic) bond motifs is 1. The van der Waals surface area contributed by atoms with Crippen LogP contribution in [-0.4, -0.2) is 32.8 Å². The van der Waals surface area contributed by atoms with Crippen molar-refractivity contribution in [1.82, 2.24) is 14.5 Å². The zero-order chi connectivity index (χ0) is 18.1. The van der Waals surface area contributed by atoms with Crippen LogP contribution in [0.2, 0.25) is 0 Å². The molecule has 1 N–H and O–H groups in total. The van der Waals surface area contributed by atoms with Crippen LogP contribution in [-0.2, 0) is 17.8 Å². The van der Waals surface area contributed by atoms with Crippen molar-refractivity contribution in [2.45, 2.75) is 19.9 Å². The first-order valence-electron chi connectivity index (χ1n) is 8.39. The first-order chi connectivity index (χ1) is 12.6. The number of carbonyl (C=O) groups excluding carboxylic acids is 2. The van der Waals surface area contributed by atoms with Crippen LogP contribution in [0, 0.1) is 0 Å². The third-order valence-electron chi connectivity index (χ3n) is 4.32. The van der Waals surface area contributed by atoms with E-state index in [-0.39, 0.29) is 11.8 Å². The lowest BCUT2D eigenvalue weighted by molar-refractivity contribution is -0.114. The van der Waals surface area contributed by atoms with Crippen LogP contribution in [0.15, 0.2) is 48.8 Å². The van der Waals surface area contributed by atoms with E-state index in [9.17, 15) is 9.59 Å². The van der Waals surface area contributed by atoms with E-state index < -0.39 is 0 Å². The van der Waals surface area contributed by atoms with Crippen molar-refractivity contribution in [3.05, 3.63) is 64.9 Å². The smallest absolute Gasteiger partial charge is 0.254 e.